The van der Waals surface area contributed by atoms with E-state index in [0.717, 1.165) is 38.5 Å². The minimum atomic E-state index is -1.07. The Morgan fingerprint density at radius 3 is 2.73 bits per heavy atom. The van der Waals surface area contributed by atoms with Crippen LogP contribution in [0.3, 0.4) is 0 Å². The molecule has 0 aromatic heterocycles. The van der Waals surface area contributed by atoms with Crippen molar-refractivity contribution in [1.29, 1.82) is 0 Å². The average molecular weight is 308 g/mol. The second-order valence-corrected chi connectivity index (χ2v) is 8.77. The number of hydrogen-bond donors (Lipinski definition) is 2. The number of aliphatic hydroxyl groups excluding tert-OH is 2. The molecule has 1 unspecified atom stereocenters. The van der Waals surface area contributed by atoms with Gasteiger partial charge in [0.15, 0.2) is 0 Å². The second kappa shape index (κ2) is 4.80. The number of halogens is 1. The molecule has 2 nitrogen and oxygen atoms in total. The van der Waals surface area contributed by atoms with E-state index in [1.165, 1.54) is 5.57 Å². The Labute approximate surface area is 132 Å². The molecule has 0 aliphatic heterocycles. The first-order valence-corrected chi connectivity index (χ1v) is 9.08. The highest BCUT2D eigenvalue weighted by Crippen LogP contribution is 2.65. The van der Waals surface area contributed by atoms with Gasteiger partial charge in [0, 0.05) is 5.41 Å². The fourth-order valence-corrected chi connectivity index (χ4v) is 6.66. The molecule has 0 saturated heterocycles. The van der Waals surface area contributed by atoms with E-state index >= 15 is 0 Å². The Bertz CT molecular complexity index is 504. The van der Waals surface area contributed by atoms with Crippen LogP contribution in [0.5, 0.6) is 0 Å². The van der Waals surface area contributed by atoms with E-state index in [4.69, 9.17) is 0 Å². The molecule has 0 amide bonds. The lowest BCUT2D eigenvalue weighted by atomic mass is 9.47. The largest absolute Gasteiger partial charge is 0.392 e. The highest BCUT2D eigenvalue weighted by molar-refractivity contribution is 5.26. The van der Waals surface area contributed by atoms with Gasteiger partial charge in [-0.3, -0.25) is 0 Å². The van der Waals surface area contributed by atoms with Gasteiger partial charge in [0.1, 0.15) is 6.17 Å². The molecule has 4 aliphatic rings. The molecule has 0 aromatic rings. The normalized spacial score (nSPS) is 57.6. The van der Waals surface area contributed by atoms with Crippen LogP contribution in [0.15, 0.2) is 11.6 Å². The topological polar surface area (TPSA) is 40.5 Å². The van der Waals surface area contributed by atoms with Crippen LogP contribution in [-0.4, -0.2) is 28.6 Å². The third kappa shape index (κ3) is 1.73. The molecule has 2 N–H and O–H groups in total. The maximum Gasteiger partial charge on any atom is 0.127 e. The van der Waals surface area contributed by atoms with Crippen LogP contribution in [0.1, 0.15) is 58.8 Å². The van der Waals surface area contributed by atoms with E-state index in [9.17, 15) is 14.6 Å². The Morgan fingerprint density at radius 1 is 1.18 bits per heavy atom. The SMILES string of the molecule is C[C@]12CC[C@H]3[C@@H](CC=C4CCCC(O)[C@@]43C)[C@@H]1C[C@@H](F)[C@H]2O. The van der Waals surface area contributed by atoms with Crippen LogP contribution >= 0.6 is 0 Å². The van der Waals surface area contributed by atoms with Crippen LogP contribution < -0.4 is 0 Å². The van der Waals surface area contributed by atoms with Crippen LogP contribution in [0.4, 0.5) is 4.39 Å². The molecule has 124 valence electrons. The highest BCUT2D eigenvalue weighted by Gasteiger charge is 2.62. The zero-order valence-electron chi connectivity index (χ0n) is 13.8. The molecule has 3 fully saturated rings. The third-order valence-electron chi connectivity index (χ3n) is 8.09. The summed E-state index contributed by atoms with van der Waals surface area (Å²) in [6.07, 6.45) is 6.78. The molecular weight excluding hydrogens is 279 g/mol. The number of allylic oxidation sites excluding steroid dienone is 1. The summed E-state index contributed by atoms with van der Waals surface area (Å²) in [6.45, 7) is 4.34. The van der Waals surface area contributed by atoms with E-state index in [-0.39, 0.29) is 22.9 Å². The molecule has 3 saturated carbocycles. The lowest BCUT2D eigenvalue weighted by molar-refractivity contribution is -0.102. The smallest absolute Gasteiger partial charge is 0.127 e. The van der Waals surface area contributed by atoms with Crippen molar-refractivity contribution in [2.75, 3.05) is 0 Å². The van der Waals surface area contributed by atoms with Crippen LogP contribution in [0, 0.1) is 28.6 Å². The summed E-state index contributed by atoms with van der Waals surface area (Å²) < 4.78 is 14.2. The minimum absolute atomic E-state index is 0.109. The van der Waals surface area contributed by atoms with Gasteiger partial charge < -0.3 is 10.2 Å². The summed E-state index contributed by atoms with van der Waals surface area (Å²) in [6, 6.07) is 0. The molecule has 0 radical (unpaired) electrons. The summed E-state index contributed by atoms with van der Waals surface area (Å²) in [5.74, 6) is 1.15. The van der Waals surface area contributed by atoms with Gasteiger partial charge >= 0.3 is 0 Å². The van der Waals surface area contributed by atoms with Crippen molar-refractivity contribution in [2.24, 2.45) is 28.6 Å². The van der Waals surface area contributed by atoms with Gasteiger partial charge in [-0.2, -0.15) is 0 Å². The highest BCUT2D eigenvalue weighted by atomic mass is 19.1. The van der Waals surface area contributed by atoms with Crippen molar-refractivity contribution in [3.8, 4) is 0 Å². The van der Waals surface area contributed by atoms with Crippen LogP contribution in [-0.2, 0) is 0 Å². The molecular formula is C19H29FO2. The van der Waals surface area contributed by atoms with E-state index in [1.54, 1.807) is 0 Å². The van der Waals surface area contributed by atoms with Crippen molar-refractivity contribution >= 4 is 0 Å². The van der Waals surface area contributed by atoms with E-state index in [0.29, 0.717) is 18.3 Å². The lowest BCUT2D eigenvalue weighted by Gasteiger charge is -2.58. The minimum Gasteiger partial charge on any atom is -0.392 e. The third-order valence-corrected chi connectivity index (χ3v) is 8.09. The Morgan fingerprint density at radius 2 is 1.95 bits per heavy atom. The lowest BCUT2D eigenvalue weighted by Crippen LogP contribution is -2.54. The first-order chi connectivity index (χ1) is 10.4. The second-order valence-electron chi connectivity index (χ2n) is 8.77. The molecule has 4 rings (SSSR count). The predicted molar refractivity (Wildman–Crippen MR) is 84.0 cm³/mol. The Balaban J connectivity index is 1.72. The molecule has 8 atom stereocenters. The standard InChI is InChI=1S/C19H29FO2/c1-18-9-8-13-12(14(18)10-15(20)17(18)22)7-6-11-4-3-5-16(21)19(11,13)2/h6,12-17,21-22H,3-5,7-10H2,1-2H3/t12-,13+,14+,15-,16?,17-,18+,19+/m1/s1. The monoisotopic (exact) mass is 308 g/mol. The molecule has 0 bridgehead atoms. The molecule has 0 aromatic carbocycles. The van der Waals surface area contributed by atoms with Crippen molar-refractivity contribution in [3.05, 3.63) is 11.6 Å². The summed E-state index contributed by atoms with van der Waals surface area (Å²) in [5, 5.41) is 21.1. The Kier molecular flexibility index (Phi) is 3.30. The van der Waals surface area contributed by atoms with Gasteiger partial charge in [-0.25, -0.2) is 4.39 Å². The first-order valence-electron chi connectivity index (χ1n) is 9.08. The van der Waals surface area contributed by atoms with Crippen molar-refractivity contribution < 1.29 is 14.6 Å². The van der Waals surface area contributed by atoms with Gasteiger partial charge in [0.05, 0.1) is 12.2 Å². The van der Waals surface area contributed by atoms with Crippen molar-refractivity contribution in [2.45, 2.75) is 77.2 Å². The summed E-state index contributed by atoms with van der Waals surface area (Å²) in [5.41, 5.74) is 1.08. The fourth-order valence-electron chi connectivity index (χ4n) is 6.66. The van der Waals surface area contributed by atoms with Crippen molar-refractivity contribution in [3.63, 3.8) is 0 Å². The fraction of sp³-hybridized carbons (Fsp3) is 0.895. The zero-order chi connectivity index (χ0) is 15.7. The van der Waals surface area contributed by atoms with Gasteiger partial charge in [-0.15, -0.1) is 0 Å². The number of alkyl halides is 1. The Hall–Kier alpha value is -0.410. The van der Waals surface area contributed by atoms with Gasteiger partial charge in [0.2, 0.25) is 0 Å². The van der Waals surface area contributed by atoms with E-state index in [2.05, 4.69) is 19.9 Å². The first kappa shape index (κ1) is 15.1. The maximum absolute atomic E-state index is 14.2. The molecule has 4 aliphatic carbocycles. The molecule has 0 heterocycles. The molecule has 22 heavy (non-hydrogen) atoms. The van der Waals surface area contributed by atoms with Gasteiger partial charge in [0.25, 0.3) is 0 Å². The summed E-state index contributed by atoms with van der Waals surface area (Å²) in [4.78, 5) is 0. The predicted octanol–water partition coefficient (Wildman–Crippen LogP) is 3.62. The number of rotatable bonds is 0. The van der Waals surface area contributed by atoms with Crippen LogP contribution in [0.2, 0.25) is 0 Å². The number of fused-ring (bicyclic) bond motifs is 5. The molecule has 0 spiro atoms. The number of aliphatic hydroxyl groups is 2. The van der Waals surface area contributed by atoms with Crippen LogP contribution in [0.25, 0.3) is 0 Å². The summed E-state index contributed by atoms with van der Waals surface area (Å²) >= 11 is 0. The van der Waals surface area contributed by atoms with E-state index < -0.39 is 12.3 Å². The zero-order valence-corrected chi connectivity index (χ0v) is 13.8. The van der Waals surface area contributed by atoms with Crippen molar-refractivity contribution in [1.82, 2.24) is 0 Å². The molecule has 3 heteroatoms. The van der Waals surface area contributed by atoms with Gasteiger partial charge in [-0.05, 0) is 68.1 Å². The quantitative estimate of drug-likeness (QED) is 0.671. The van der Waals surface area contributed by atoms with Gasteiger partial charge in [-0.1, -0.05) is 25.5 Å². The maximum atomic E-state index is 14.2. The number of hydrogen-bond acceptors (Lipinski definition) is 2. The summed E-state index contributed by atoms with van der Waals surface area (Å²) in [7, 11) is 0. The van der Waals surface area contributed by atoms with E-state index in [1.807, 2.05) is 0 Å². The average Bonchev–Trinajstić information content (AvgIpc) is 2.72.